The van der Waals surface area contributed by atoms with Crippen molar-refractivity contribution in [1.82, 2.24) is 19.9 Å². The fraction of sp³-hybridized carbons (Fsp3) is 0.156. The van der Waals surface area contributed by atoms with Gasteiger partial charge in [0.05, 0.1) is 22.8 Å². The van der Waals surface area contributed by atoms with Crippen LogP contribution >= 0.6 is 0 Å². The first-order chi connectivity index (χ1) is 24.2. The third kappa shape index (κ3) is 5.74. The predicted octanol–water partition coefficient (Wildman–Crippen LogP) is 11.1. The van der Waals surface area contributed by atoms with Crippen LogP contribution in [0.15, 0.2) is 152 Å². The lowest BCUT2D eigenvalue weighted by Gasteiger charge is -2.27. The van der Waals surface area contributed by atoms with E-state index in [1.807, 2.05) is 54.6 Å². The number of rotatable bonds is 7. The van der Waals surface area contributed by atoms with Crippen molar-refractivity contribution in [3.63, 3.8) is 0 Å². The van der Waals surface area contributed by atoms with Crippen LogP contribution in [0, 0.1) is 5.92 Å². The molecule has 0 amide bonds. The van der Waals surface area contributed by atoms with E-state index in [9.17, 15) is 0 Å². The Labute approximate surface area is 287 Å². The predicted molar refractivity (Wildman–Crippen MR) is 198 cm³/mol. The summed E-state index contributed by atoms with van der Waals surface area (Å²) in [6, 6.07) is 52.7. The van der Waals surface area contributed by atoms with Crippen LogP contribution in [0.1, 0.15) is 37.7 Å². The number of hydrogen-bond acceptors (Lipinski definition) is 4. The highest BCUT2D eigenvalue weighted by Crippen LogP contribution is 2.55. The van der Waals surface area contributed by atoms with E-state index < -0.39 is 0 Å². The molecule has 0 aliphatic heterocycles. The fourth-order valence-electron chi connectivity index (χ4n) is 7.96. The maximum Gasteiger partial charge on any atom is 0.160 e. The van der Waals surface area contributed by atoms with Gasteiger partial charge < -0.3 is 0 Å². The molecule has 2 saturated carbocycles. The van der Waals surface area contributed by atoms with Gasteiger partial charge >= 0.3 is 0 Å². The molecule has 2 bridgehead atoms. The first-order valence-electron chi connectivity index (χ1n) is 17.4. The molecule has 2 heterocycles. The van der Waals surface area contributed by atoms with Gasteiger partial charge in [-0.2, -0.15) is 0 Å². The third-order valence-corrected chi connectivity index (χ3v) is 10.6. The summed E-state index contributed by atoms with van der Waals surface area (Å²) in [7, 11) is 0. The molecule has 0 spiro atoms. The second kappa shape index (κ2) is 12.4. The van der Waals surface area contributed by atoms with Crippen LogP contribution in [0.25, 0.3) is 67.8 Å². The number of aromatic nitrogens is 4. The molecule has 2 fully saturated rings. The second-order valence-corrected chi connectivity index (χ2v) is 13.6. The van der Waals surface area contributed by atoms with Crippen molar-refractivity contribution in [1.29, 1.82) is 0 Å². The van der Waals surface area contributed by atoms with Crippen molar-refractivity contribution in [3.8, 4) is 67.8 Å². The highest BCUT2D eigenvalue weighted by Gasteiger charge is 2.45. The lowest BCUT2D eigenvalue weighted by atomic mass is 9.77. The minimum absolute atomic E-state index is 0.386. The van der Waals surface area contributed by atoms with Gasteiger partial charge in [-0.25, -0.2) is 19.9 Å². The Kier molecular flexibility index (Phi) is 7.42. The lowest BCUT2D eigenvalue weighted by Crippen LogP contribution is -2.19. The number of fused-ring (bicyclic) bond motifs is 2. The van der Waals surface area contributed by atoms with Gasteiger partial charge in [-0.15, -0.1) is 0 Å². The van der Waals surface area contributed by atoms with Gasteiger partial charge in [-0.05, 0) is 67.2 Å². The average molecular weight is 633 g/mol. The van der Waals surface area contributed by atoms with Crippen LogP contribution in [0.2, 0.25) is 0 Å². The summed E-state index contributed by atoms with van der Waals surface area (Å²) in [5.74, 6) is 2.34. The van der Waals surface area contributed by atoms with Crippen LogP contribution in [0.5, 0.6) is 0 Å². The van der Waals surface area contributed by atoms with Gasteiger partial charge in [0.25, 0.3) is 0 Å². The molecule has 2 aliphatic rings. The summed E-state index contributed by atoms with van der Waals surface area (Å²) >= 11 is 0. The Morgan fingerprint density at radius 1 is 0.388 bits per heavy atom. The molecule has 0 saturated heterocycles. The lowest BCUT2D eigenvalue weighted by molar-refractivity contribution is 0.419. The van der Waals surface area contributed by atoms with Crippen molar-refractivity contribution >= 4 is 0 Å². The van der Waals surface area contributed by atoms with E-state index in [1.54, 1.807) is 0 Å². The Bertz CT molecular complexity index is 2180. The molecule has 2 aromatic heterocycles. The highest BCUT2D eigenvalue weighted by atomic mass is 14.9. The van der Waals surface area contributed by atoms with Crippen LogP contribution in [-0.4, -0.2) is 19.9 Å². The topological polar surface area (TPSA) is 51.6 Å². The van der Waals surface area contributed by atoms with Gasteiger partial charge in [-0.3, -0.25) is 0 Å². The molecule has 0 N–H and O–H groups in total. The quantitative estimate of drug-likeness (QED) is 0.175. The van der Waals surface area contributed by atoms with E-state index in [1.165, 1.54) is 37.7 Å². The van der Waals surface area contributed by atoms with E-state index in [0.717, 1.165) is 67.9 Å². The Morgan fingerprint density at radius 2 is 0.796 bits per heavy atom. The van der Waals surface area contributed by atoms with Crippen molar-refractivity contribution in [3.05, 3.63) is 157 Å². The van der Waals surface area contributed by atoms with Gasteiger partial charge in [0.1, 0.15) is 0 Å². The normalized spacial score (nSPS) is 18.1. The zero-order valence-electron chi connectivity index (χ0n) is 27.3. The molecule has 2 aliphatic carbocycles. The molecule has 0 atom stereocenters. The van der Waals surface area contributed by atoms with E-state index in [4.69, 9.17) is 19.9 Å². The number of benzene rings is 5. The standard InChI is InChI=1S/C45H36N4/c1-4-11-32(12-5-1)39-28-41(48-43(46-39)34-13-6-2-7-14-34)36-17-10-18-37(27-36)42-29-40(47-44(49-42)35-15-8-3-9-16-35)33-19-21-38(22-20-33)45-25-23-31(30-45)24-26-45/h1-22,27-29,31H,23-26,30H2. The summed E-state index contributed by atoms with van der Waals surface area (Å²) in [6.07, 6.45) is 6.77. The van der Waals surface area contributed by atoms with E-state index >= 15 is 0 Å². The molecule has 4 nitrogen and oxygen atoms in total. The zero-order chi connectivity index (χ0) is 32.6. The van der Waals surface area contributed by atoms with Gasteiger partial charge in [-0.1, -0.05) is 133 Å². The van der Waals surface area contributed by atoms with E-state index in [0.29, 0.717) is 11.2 Å². The monoisotopic (exact) mass is 632 g/mol. The zero-order valence-corrected chi connectivity index (χ0v) is 27.3. The summed E-state index contributed by atoms with van der Waals surface area (Å²) in [4.78, 5) is 20.3. The smallest absolute Gasteiger partial charge is 0.160 e. The molecular weight excluding hydrogens is 597 g/mol. The first kappa shape index (κ1) is 29.4. The maximum atomic E-state index is 5.13. The van der Waals surface area contributed by atoms with Crippen molar-refractivity contribution in [2.75, 3.05) is 0 Å². The molecule has 0 unspecified atom stereocenters. The summed E-state index contributed by atoms with van der Waals surface area (Å²) in [6.45, 7) is 0. The molecule has 9 rings (SSSR count). The summed E-state index contributed by atoms with van der Waals surface area (Å²) in [5.41, 5.74) is 11.6. The number of nitrogens with zero attached hydrogens (tertiary/aromatic N) is 4. The van der Waals surface area contributed by atoms with Crippen molar-refractivity contribution < 1.29 is 0 Å². The SMILES string of the molecule is c1ccc(-c2cc(-c3cccc(-c4cc(-c5ccc(C67CCC(CC6)C7)cc5)nc(-c5ccccc5)n4)c3)nc(-c3ccccc3)n2)cc1. The summed E-state index contributed by atoms with van der Waals surface area (Å²) < 4.78 is 0. The molecular formula is C45H36N4. The fourth-order valence-corrected chi connectivity index (χ4v) is 7.96. The maximum absolute atomic E-state index is 5.13. The molecule has 0 radical (unpaired) electrons. The first-order valence-corrected chi connectivity index (χ1v) is 17.4. The highest BCUT2D eigenvalue weighted by molar-refractivity contribution is 5.77. The Hall–Kier alpha value is -5.74. The van der Waals surface area contributed by atoms with Crippen LogP contribution < -0.4 is 0 Å². The Morgan fingerprint density at radius 3 is 1.24 bits per heavy atom. The van der Waals surface area contributed by atoms with Crippen LogP contribution in [0.4, 0.5) is 0 Å². The minimum atomic E-state index is 0.386. The summed E-state index contributed by atoms with van der Waals surface area (Å²) in [5, 5.41) is 0. The molecule has 5 aromatic carbocycles. The molecule has 7 aromatic rings. The van der Waals surface area contributed by atoms with Crippen LogP contribution in [-0.2, 0) is 5.41 Å². The largest absolute Gasteiger partial charge is 0.228 e. The van der Waals surface area contributed by atoms with Crippen LogP contribution in [0.3, 0.4) is 0 Å². The van der Waals surface area contributed by atoms with Gasteiger partial charge in [0.15, 0.2) is 11.6 Å². The third-order valence-electron chi connectivity index (χ3n) is 10.6. The van der Waals surface area contributed by atoms with Crippen molar-refractivity contribution in [2.45, 2.75) is 37.5 Å². The second-order valence-electron chi connectivity index (χ2n) is 13.6. The van der Waals surface area contributed by atoms with E-state index in [-0.39, 0.29) is 0 Å². The van der Waals surface area contributed by atoms with Gasteiger partial charge in [0, 0.05) is 33.4 Å². The Balaban J connectivity index is 1.14. The minimum Gasteiger partial charge on any atom is -0.228 e. The van der Waals surface area contributed by atoms with Gasteiger partial charge in [0.2, 0.25) is 0 Å². The molecule has 4 heteroatoms. The molecule has 49 heavy (non-hydrogen) atoms. The molecule has 236 valence electrons. The average Bonchev–Trinajstić information content (AvgIpc) is 3.82. The number of hydrogen-bond donors (Lipinski definition) is 0. The van der Waals surface area contributed by atoms with E-state index in [2.05, 4.69) is 97.1 Å². The van der Waals surface area contributed by atoms with Crippen molar-refractivity contribution in [2.24, 2.45) is 5.92 Å².